The summed E-state index contributed by atoms with van der Waals surface area (Å²) in [5, 5.41) is 12.0. The molecule has 1 rings (SSSR count). The molecule has 1 saturated carbocycles. The quantitative estimate of drug-likeness (QED) is 0.361. The first-order valence-electron chi connectivity index (χ1n) is 4.49. The fourth-order valence-corrected chi connectivity index (χ4v) is 1.64. The van der Waals surface area contributed by atoms with E-state index in [0.717, 1.165) is 31.4 Å². The van der Waals surface area contributed by atoms with Gasteiger partial charge in [0.05, 0.1) is 5.71 Å². The van der Waals surface area contributed by atoms with Gasteiger partial charge in [-0.25, -0.2) is 0 Å². The first-order valence-corrected chi connectivity index (χ1v) is 4.49. The van der Waals surface area contributed by atoms with Gasteiger partial charge in [0.1, 0.15) is 0 Å². The number of hydrogen-bond donors (Lipinski definition) is 1. The third-order valence-electron chi connectivity index (χ3n) is 2.36. The first kappa shape index (κ1) is 9.12. The summed E-state index contributed by atoms with van der Waals surface area (Å²) in [6.45, 7) is 1.85. The van der Waals surface area contributed by atoms with Crippen molar-refractivity contribution in [2.24, 2.45) is 11.1 Å². The van der Waals surface area contributed by atoms with Crippen LogP contribution >= 0.6 is 0 Å². The van der Waals surface area contributed by atoms with Gasteiger partial charge in [-0.15, -0.1) is 11.8 Å². The van der Waals surface area contributed by atoms with Gasteiger partial charge in [-0.3, -0.25) is 0 Å². The van der Waals surface area contributed by atoms with E-state index in [0.29, 0.717) is 5.92 Å². The molecule has 0 aliphatic heterocycles. The van der Waals surface area contributed by atoms with Crippen molar-refractivity contribution in [3.05, 3.63) is 0 Å². The van der Waals surface area contributed by atoms with Crippen LogP contribution in [0.3, 0.4) is 0 Å². The molecule has 0 saturated heterocycles. The molecular formula is C10H15NO. The van der Waals surface area contributed by atoms with Crippen LogP contribution in [0.1, 0.15) is 39.0 Å². The Kier molecular flexibility index (Phi) is 3.66. The average molecular weight is 165 g/mol. The van der Waals surface area contributed by atoms with Crippen molar-refractivity contribution >= 4 is 5.71 Å². The molecule has 1 N–H and O–H groups in total. The normalized spacial score (nSPS) is 26.4. The Bertz CT molecular complexity index is 222. The van der Waals surface area contributed by atoms with Gasteiger partial charge in [0.25, 0.3) is 0 Å². The lowest BCUT2D eigenvalue weighted by Gasteiger charge is -2.20. The van der Waals surface area contributed by atoms with E-state index >= 15 is 0 Å². The molecule has 1 aliphatic carbocycles. The summed E-state index contributed by atoms with van der Waals surface area (Å²) in [4.78, 5) is 0. The Morgan fingerprint density at radius 2 is 2.42 bits per heavy atom. The monoisotopic (exact) mass is 165 g/mol. The van der Waals surface area contributed by atoms with E-state index in [2.05, 4.69) is 17.0 Å². The van der Waals surface area contributed by atoms with Gasteiger partial charge in [-0.1, -0.05) is 11.6 Å². The SMILES string of the molecule is CC#CCC1CCCCC1=NO. The number of hydrogen-bond acceptors (Lipinski definition) is 2. The fraction of sp³-hybridized carbons (Fsp3) is 0.700. The molecule has 2 heteroatoms. The van der Waals surface area contributed by atoms with Gasteiger partial charge in [0.2, 0.25) is 0 Å². The summed E-state index contributed by atoms with van der Waals surface area (Å²) < 4.78 is 0. The van der Waals surface area contributed by atoms with Crippen molar-refractivity contribution in [1.82, 2.24) is 0 Å². The highest BCUT2D eigenvalue weighted by molar-refractivity contribution is 5.87. The van der Waals surface area contributed by atoms with Crippen LogP contribution in [0, 0.1) is 17.8 Å². The van der Waals surface area contributed by atoms with Crippen molar-refractivity contribution in [2.45, 2.75) is 39.0 Å². The standard InChI is InChI=1S/C10H15NO/c1-2-3-6-9-7-4-5-8-10(9)11-12/h9,12H,4-8H2,1H3. The van der Waals surface area contributed by atoms with Gasteiger partial charge in [-0.2, -0.15) is 0 Å². The molecule has 2 nitrogen and oxygen atoms in total. The highest BCUT2D eigenvalue weighted by atomic mass is 16.4. The molecule has 66 valence electrons. The van der Waals surface area contributed by atoms with Crippen LogP contribution in [0.25, 0.3) is 0 Å². The summed E-state index contributed by atoms with van der Waals surface area (Å²) in [7, 11) is 0. The third-order valence-corrected chi connectivity index (χ3v) is 2.36. The van der Waals surface area contributed by atoms with E-state index in [-0.39, 0.29) is 0 Å². The van der Waals surface area contributed by atoms with Gasteiger partial charge >= 0.3 is 0 Å². The highest BCUT2D eigenvalue weighted by Gasteiger charge is 2.19. The zero-order chi connectivity index (χ0) is 8.81. The van der Waals surface area contributed by atoms with E-state index in [4.69, 9.17) is 5.21 Å². The summed E-state index contributed by atoms with van der Waals surface area (Å²) >= 11 is 0. The molecule has 1 atom stereocenters. The van der Waals surface area contributed by atoms with Crippen LogP contribution in [0.2, 0.25) is 0 Å². The topological polar surface area (TPSA) is 32.6 Å². The average Bonchev–Trinajstić information content (AvgIpc) is 2.15. The summed E-state index contributed by atoms with van der Waals surface area (Å²) in [6.07, 6.45) is 5.35. The number of rotatable bonds is 1. The lowest BCUT2D eigenvalue weighted by Crippen LogP contribution is -2.18. The molecule has 1 aliphatic rings. The van der Waals surface area contributed by atoms with E-state index in [9.17, 15) is 0 Å². The Hall–Kier alpha value is -0.970. The highest BCUT2D eigenvalue weighted by Crippen LogP contribution is 2.23. The first-order chi connectivity index (χ1) is 5.88. The maximum atomic E-state index is 8.70. The molecule has 0 radical (unpaired) electrons. The van der Waals surface area contributed by atoms with E-state index < -0.39 is 0 Å². The zero-order valence-electron chi connectivity index (χ0n) is 7.51. The van der Waals surface area contributed by atoms with Crippen LogP contribution in [0.15, 0.2) is 5.16 Å². The minimum Gasteiger partial charge on any atom is -0.411 e. The van der Waals surface area contributed by atoms with Gasteiger partial charge in [0.15, 0.2) is 0 Å². The van der Waals surface area contributed by atoms with E-state index in [1.54, 1.807) is 0 Å². The molecule has 0 spiro atoms. The van der Waals surface area contributed by atoms with Crippen molar-refractivity contribution in [2.75, 3.05) is 0 Å². The lowest BCUT2D eigenvalue weighted by atomic mass is 9.85. The minimum absolute atomic E-state index is 0.413. The molecule has 12 heavy (non-hydrogen) atoms. The summed E-state index contributed by atoms with van der Waals surface area (Å²) in [5.41, 5.74) is 0.948. The lowest BCUT2D eigenvalue weighted by molar-refractivity contribution is 0.309. The molecule has 0 aromatic carbocycles. The zero-order valence-corrected chi connectivity index (χ0v) is 7.51. The summed E-state index contributed by atoms with van der Waals surface area (Å²) in [6, 6.07) is 0. The van der Waals surface area contributed by atoms with E-state index in [1.807, 2.05) is 6.92 Å². The largest absolute Gasteiger partial charge is 0.411 e. The third kappa shape index (κ3) is 2.27. The predicted molar refractivity (Wildman–Crippen MR) is 49.2 cm³/mol. The van der Waals surface area contributed by atoms with Crippen molar-refractivity contribution in [3.8, 4) is 11.8 Å². The molecule has 0 aromatic heterocycles. The fourth-order valence-electron chi connectivity index (χ4n) is 1.64. The molecule has 0 aromatic rings. The number of nitrogens with zero attached hydrogens (tertiary/aromatic N) is 1. The predicted octanol–water partition coefficient (Wildman–Crippen LogP) is 2.42. The van der Waals surface area contributed by atoms with Gasteiger partial charge in [0, 0.05) is 12.3 Å². The van der Waals surface area contributed by atoms with E-state index in [1.165, 1.54) is 6.42 Å². The second-order valence-corrected chi connectivity index (χ2v) is 3.16. The second-order valence-electron chi connectivity index (χ2n) is 3.16. The maximum Gasteiger partial charge on any atom is 0.0611 e. The van der Waals surface area contributed by atoms with Crippen molar-refractivity contribution in [1.29, 1.82) is 0 Å². The van der Waals surface area contributed by atoms with Crippen molar-refractivity contribution in [3.63, 3.8) is 0 Å². The van der Waals surface area contributed by atoms with Crippen LogP contribution in [-0.4, -0.2) is 10.9 Å². The summed E-state index contributed by atoms with van der Waals surface area (Å²) in [5.74, 6) is 6.33. The molecule has 1 fully saturated rings. The van der Waals surface area contributed by atoms with Gasteiger partial charge < -0.3 is 5.21 Å². The van der Waals surface area contributed by atoms with Crippen LogP contribution in [0.4, 0.5) is 0 Å². The van der Waals surface area contributed by atoms with Crippen LogP contribution in [0.5, 0.6) is 0 Å². The maximum absolute atomic E-state index is 8.70. The Balaban J connectivity index is 2.51. The smallest absolute Gasteiger partial charge is 0.0611 e. The molecular weight excluding hydrogens is 150 g/mol. The molecule has 1 unspecified atom stereocenters. The Morgan fingerprint density at radius 1 is 1.58 bits per heavy atom. The molecule has 0 bridgehead atoms. The van der Waals surface area contributed by atoms with Crippen LogP contribution < -0.4 is 0 Å². The Labute approximate surface area is 73.7 Å². The van der Waals surface area contributed by atoms with Crippen molar-refractivity contribution < 1.29 is 5.21 Å². The molecule has 0 amide bonds. The molecule has 0 heterocycles. The number of oxime groups is 1. The van der Waals surface area contributed by atoms with Crippen LogP contribution in [-0.2, 0) is 0 Å². The minimum atomic E-state index is 0.413. The second kappa shape index (κ2) is 4.82. The van der Waals surface area contributed by atoms with Gasteiger partial charge in [-0.05, 0) is 26.2 Å². The Morgan fingerprint density at radius 3 is 3.08 bits per heavy atom.